The van der Waals surface area contributed by atoms with E-state index in [0.29, 0.717) is 8.81 Å². The molecule has 0 spiro atoms. The number of hydrogen-bond donors (Lipinski definition) is 1. The van der Waals surface area contributed by atoms with Gasteiger partial charge < -0.3 is 5.21 Å². The molecule has 7 heavy (non-hydrogen) atoms. The van der Waals surface area contributed by atoms with E-state index in [1.165, 1.54) is 7.05 Å². The molecule has 0 aliphatic carbocycles. The van der Waals surface area contributed by atoms with Gasteiger partial charge in [-0.15, -0.1) is 0 Å². The largest absolute Gasteiger partial charge is 0.600 e. The van der Waals surface area contributed by atoms with E-state index in [-0.39, 0.29) is 5.23 Å². The fourth-order valence-electron chi connectivity index (χ4n) is 0.174. The summed E-state index contributed by atoms with van der Waals surface area (Å²) in [6, 6.07) is 0. The first-order valence-corrected chi connectivity index (χ1v) is 3.29. The molecule has 44 valence electrons. The molecule has 3 nitrogen and oxygen atoms in total. The summed E-state index contributed by atoms with van der Waals surface area (Å²) >= 11 is 0. The minimum atomic E-state index is -0.180. The Bertz CT molecular complexity index is 41.9. The third-order valence-corrected chi connectivity index (χ3v) is 1.08. The van der Waals surface area contributed by atoms with Gasteiger partial charge in [-0.2, -0.15) is 4.62 Å². The third kappa shape index (κ3) is 6.31. The van der Waals surface area contributed by atoms with Crippen LogP contribution in [0.15, 0.2) is 0 Å². The van der Waals surface area contributed by atoms with Crippen LogP contribution < -0.4 is 5.23 Å². The summed E-state index contributed by atoms with van der Waals surface area (Å²) < 4.78 is 4.58. The van der Waals surface area contributed by atoms with Crippen LogP contribution >= 0.6 is 8.81 Å². The van der Waals surface area contributed by atoms with Crippen molar-refractivity contribution < 1.29 is 9.85 Å². The average molecular weight is 123 g/mol. The monoisotopic (exact) mass is 123 g/mol. The number of nitrogens with one attached hydrogen (secondary N) is 1. The lowest BCUT2D eigenvalue weighted by Gasteiger charge is -2.11. The van der Waals surface area contributed by atoms with Crippen LogP contribution in [0.4, 0.5) is 0 Å². The standard InChI is InChI=1S/C3H10NO2P/c1-3-7-6-4(2)5/h4,7H,3H2,1-2H3. The highest BCUT2D eigenvalue weighted by atomic mass is 31.1. The molecule has 0 saturated heterocycles. The summed E-state index contributed by atoms with van der Waals surface area (Å²) in [5, 5.41) is 9.81. The van der Waals surface area contributed by atoms with Crippen molar-refractivity contribution in [1.82, 2.24) is 0 Å². The summed E-state index contributed by atoms with van der Waals surface area (Å²) in [5.74, 6) is 0. The fourth-order valence-corrected chi connectivity index (χ4v) is 0.521. The van der Waals surface area contributed by atoms with Crippen molar-refractivity contribution in [1.29, 1.82) is 0 Å². The quantitative estimate of drug-likeness (QED) is 0.407. The summed E-state index contributed by atoms with van der Waals surface area (Å²) in [6.45, 7) is 1.97. The Hall–Kier alpha value is 0.310. The minimum Gasteiger partial charge on any atom is -0.600 e. The molecule has 0 bridgehead atoms. The van der Waals surface area contributed by atoms with Crippen molar-refractivity contribution in [2.75, 3.05) is 13.2 Å². The molecule has 4 heteroatoms. The van der Waals surface area contributed by atoms with Gasteiger partial charge >= 0.3 is 0 Å². The minimum absolute atomic E-state index is 0.180. The van der Waals surface area contributed by atoms with Crippen LogP contribution in [0.1, 0.15) is 6.92 Å². The Morgan fingerprint density at radius 1 is 1.86 bits per heavy atom. The van der Waals surface area contributed by atoms with E-state index in [1.807, 2.05) is 6.92 Å². The van der Waals surface area contributed by atoms with Crippen molar-refractivity contribution in [3.05, 3.63) is 5.21 Å². The zero-order valence-corrected chi connectivity index (χ0v) is 5.52. The van der Waals surface area contributed by atoms with Gasteiger partial charge in [0.2, 0.25) is 0 Å². The summed E-state index contributed by atoms with van der Waals surface area (Å²) in [7, 11) is 1.76. The maximum atomic E-state index is 9.99. The Balaban J connectivity index is 2.68. The summed E-state index contributed by atoms with van der Waals surface area (Å²) in [6.07, 6.45) is 0.930. The molecular formula is C3H10NO2P. The lowest BCUT2D eigenvalue weighted by atomic mass is 11.0. The van der Waals surface area contributed by atoms with E-state index >= 15 is 0 Å². The molecule has 0 aromatic heterocycles. The molecule has 0 saturated carbocycles. The fraction of sp³-hybridized carbons (Fsp3) is 1.00. The van der Waals surface area contributed by atoms with Gasteiger partial charge in [0.1, 0.15) is 0 Å². The molecule has 0 fully saturated rings. The molecule has 0 rings (SSSR count). The molecule has 1 N–H and O–H groups in total. The van der Waals surface area contributed by atoms with E-state index in [4.69, 9.17) is 0 Å². The van der Waals surface area contributed by atoms with E-state index in [9.17, 15) is 5.21 Å². The van der Waals surface area contributed by atoms with Gasteiger partial charge in [0.15, 0.2) is 0 Å². The zero-order chi connectivity index (χ0) is 5.70. The first-order valence-electron chi connectivity index (χ1n) is 2.17. The van der Waals surface area contributed by atoms with E-state index < -0.39 is 0 Å². The predicted octanol–water partition coefficient (Wildman–Crippen LogP) is -0.456. The van der Waals surface area contributed by atoms with Crippen LogP contribution in [0.3, 0.4) is 0 Å². The Morgan fingerprint density at radius 3 is 2.57 bits per heavy atom. The Morgan fingerprint density at radius 2 is 2.43 bits per heavy atom. The van der Waals surface area contributed by atoms with Crippen LogP contribution in [0.5, 0.6) is 0 Å². The molecule has 0 aromatic carbocycles. The number of hydroxylamine groups is 2. The topological polar surface area (TPSA) is 36.7 Å². The highest BCUT2D eigenvalue weighted by Crippen LogP contribution is 2.02. The molecule has 0 heterocycles. The highest BCUT2D eigenvalue weighted by Gasteiger charge is 1.82. The van der Waals surface area contributed by atoms with E-state index in [0.717, 1.165) is 6.16 Å². The molecule has 0 aromatic rings. The maximum absolute atomic E-state index is 9.99. The van der Waals surface area contributed by atoms with Crippen molar-refractivity contribution >= 4 is 8.81 Å². The summed E-state index contributed by atoms with van der Waals surface area (Å²) in [5.41, 5.74) is 0. The van der Waals surface area contributed by atoms with E-state index in [1.54, 1.807) is 0 Å². The summed E-state index contributed by atoms with van der Waals surface area (Å²) in [4.78, 5) is 0. The molecule has 0 radical (unpaired) electrons. The number of quaternary nitrogens is 1. The maximum Gasteiger partial charge on any atom is 0.0966 e. The van der Waals surface area contributed by atoms with Gasteiger partial charge in [-0.25, -0.2) is 5.23 Å². The van der Waals surface area contributed by atoms with Gasteiger partial charge in [0.05, 0.1) is 15.9 Å². The molecule has 0 amide bonds. The lowest BCUT2D eigenvalue weighted by Crippen LogP contribution is -3.01. The van der Waals surface area contributed by atoms with Crippen LogP contribution in [-0.2, 0) is 4.62 Å². The molecule has 0 aliphatic rings. The van der Waals surface area contributed by atoms with Crippen molar-refractivity contribution in [2.45, 2.75) is 6.92 Å². The number of rotatable bonds is 3. The molecule has 2 atom stereocenters. The van der Waals surface area contributed by atoms with Crippen LogP contribution in [0.2, 0.25) is 0 Å². The SMILES string of the molecule is CCPO[NH+](C)[O-]. The van der Waals surface area contributed by atoms with Gasteiger partial charge in [-0.3, -0.25) is 0 Å². The third-order valence-electron chi connectivity index (χ3n) is 0.360. The van der Waals surface area contributed by atoms with Gasteiger partial charge in [-0.1, -0.05) is 6.92 Å². The van der Waals surface area contributed by atoms with Crippen molar-refractivity contribution in [2.24, 2.45) is 0 Å². The van der Waals surface area contributed by atoms with Crippen LogP contribution in [0.25, 0.3) is 0 Å². The second kappa shape index (κ2) is 4.47. The smallest absolute Gasteiger partial charge is 0.0966 e. The van der Waals surface area contributed by atoms with E-state index in [2.05, 4.69) is 4.62 Å². The number of hydrogen-bond acceptors (Lipinski definition) is 2. The Kier molecular flexibility index (Phi) is 4.67. The second-order valence-electron chi connectivity index (χ2n) is 1.09. The molecule has 0 aliphatic heterocycles. The Labute approximate surface area is 45.0 Å². The molecular weight excluding hydrogens is 113 g/mol. The van der Waals surface area contributed by atoms with Crippen molar-refractivity contribution in [3.8, 4) is 0 Å². The zero-order valence-electron chi connectivity index (χ0n) is 4.52. The first kappa shape index (κ1) is 7.31. The van der Waals surface area contributed by atoms with Gasteiger partial charge in [0, 0.05) is 0 Å². The van der Waals surface area contributed by atoms with Crippen LogP contribution in [0, 0.1) is 5.21 Å². The van der Waals surface area contributed by atoms with Gasteiger partial charge in [0.25, 0.3) is 0 Å². The first-order chi connectivity index (χ1) is 3.27. The second-order valence-corrected chi connectivity index (χ2v) is 2.29. The van der Waals surface area contributed by atoms with Crippen molar-refractivity contribution in [3.63, 3.8) is 0 Å². The molecule has 2 unspecified atom stereocenters. The average Bonchev–Trinajstić information content (AvgIpc) is 1.61. The van der Waals surface area contributed by atoms with Gasteiger partial charge in [-0.05, 0) is 6.16 Å². The van der Waals surface area contributed by atoms with Crippen LogP contribution in [-0.4, -0.2) is 13.2 Å². The lowest BCUT2D eigenvalue weighted by molar-refractivity contribution is -1.00. The predicted molar refractivity (Wildman–Crippen MR) is 30.2 cm³/mol. The normalized spacial score (nSPS) is 15.9. The highest BCUT2D eigenvalue weighted by molar-refractivity contribution is 7.31.